The average molecular weight is 391 g/mol. The van der Waals surface area contributed by atoms with Crippen molar-refractivity contribution < 1.29 is 22.8 Å². The molecule has 3 rings (SSSR count). The Kier molecular flexibility index (Phi) is 6.43. The van der Waals surface area contributed by atoms with E-state index in [1.165, 1.54) is 18.3 Å². The van der Waals surface area contributed by atoms with Gasteiger partial charge in [-0.05, 0) is 18.2 Å². The number of hydrogen-bond acceptors (Lipinski definition) is 8. The highest BCUT2D eigenvalue weighted by Crippen LogP contribution is 2.24. The highest BCUT2D eigenvalue weighted by Gasteiger charge is 2.15. The molecule has 3 aromatic heterocycles. The van der Waals surface area contributed by atoms with Crippen molar-refractivity contribution in [1.29, 1.82) is 0 Å². The maximum atomic E-state index is 12.3. The van der Waals surface area contributed by atoms with Gasteiger partial charge in [0.05, 0.1) is 6.61 Å². The molecule has 3 heterocycles. The van der Waals surface area contributed by atoms with Crippen LogP contribution >= 0.6 is 0 Å². The quantitative estimate of drug-likeness (QED) is 0.550. The molecule has 3 aromatic rings. The van der Waals surface area contributed by atoms with Gasteiger partial charge in [0.15, 0.2) is 0 Å². The summed E-state index contributed by atoms with van der Waals surface area (Å²) in [5.74, 6) is 0.673. The minimum Gasteiger partial charge on any atom is -0.488 e. The fourth-order valence-corrected chi connectivity index (χ4v) is 2.35. The number of rotatable bonds is 9. The standard InChI is InChI=1S/C18H19F2N5O3/c1-25(7-8-26-2)12-3-5-22-15(9-12)18-23-17(24-28-18)14-10-13(4-6-21-14)27-11-16(19)20/h3-6,9-10,16H,7-8,11H2,1-2H3. The van der Waals surface area contributed by atoms with Gasteiger partial charge < -0.3 is 18.9 Å². The second-order valence-corrected chi connectivity index (χ2v) is 5.82. The molecule has 0 spiro atoms. The molecule has 0 atom stereocenters. The summed E-state index contributed by atoms with van der Waals surface area (Å²) < 4.78 is 40.0. The first kappa shape index (κ1) is 19.6. The molecule has 0 N–H and O–H groups in total. The monoisotopic (exact) mass is 391 g/mol. The van der Waals surface area contributed by atoms with Gasteiger partial charge in [-0.25, -0.2) is 8.78 Å². The van der Waals surface area contributed by atoms with Gasteiger partial charge in [0, 0.05) is 44.8 Å². The Morgan fingerprint density at radius 3 is 2.71 bits per heavy atom. The minimum atomic E-state index is -2.56. The second-order valence-electron chi connectivity index (χ2n) is 5.82. The number of alkyl halides is 2. The highest BCUT2D eigenvalue weighted by molar-refractivity contribution is 5.60. The maximum absolute atomic E-state index is 12.3. The summed E-state index contributed by atoms with van der Waals surface area (Å²) >= 11 is 0. The molecule has 0 saturated carbocycles. The van der Waals surface area contributed by atoms with Crippen molar-refractivity contribution in [3.8, 4) is 28.9 Å². The second kappa shape index (κ2) is 9.18. The molecule has 10 heteroatoms. The summed E-state index contributed by atoms with van der Waals surface area (Å²) in [6.45, 7) is 0.604. The fourth-order valence-electron chi connectivity index (χ4n) is 2.35. The van der Waals surface area contributed by atoms with Crippen LogP contribution in [0.1, 0.15) is 0 Å². The number of nitrogens with zero attached hydrogens (tertiary/aromatic N) is 5. The third kappa shape index (κ3) is 4.97. The first-order chi connectivity index (χ1) is 13.6. The summed E-state index contributed by atoms with van der Waals surface area (Å²) in [7, 11) is 3.58. The van der Waals surface area contributed by atoms with E-state index < -0.39 is 13.0 Å². The average Bonchev–Trinajstić information content (AvgIpc) is 3.21. The van der Waals surface area contributed by atoms with Crippen LogP contribution in [0.15, 0.2) is 41.2 Å². The number of methoxy groups -OCH3 is 1. The van der Waals surface area contributed by atoms with Gasteiger partial charge in [-0.15, -0.1) is 0 Å². The normalized spacial score (nSPS) is 11.0. The fraction of sp³-hybridized carbons (Fsp3) is 0.333. The Balaban J connectivity index is 1.78. The van der Waals surface area contributed by atoms with Gasteiger partial charge in [-0.3, -0.25) is 9.97 Å². The van der Waals surface area contributed by atoms with Crippen molar-refractivity contribution in [2.24, 2.45) is 0 Å². The third-order valence-electron chi connectivity index (χ3n) is 3.80. The Hall–Kier alpha value is -3.14. The number of hydrogen-bond donors (Lipinski definition) is 0. The van der Waals surface area contributed by atoms with E-state index in [0.29, 0.717) is 24.5 Å². The molecule has 0 bridgehead atoms. The first-order valence-corrected chi connectivity index (χ1v) is 8.44. The molecule has 28 heavy (non-hydrogen) atoms. The van der Waals surface area contributed by atoms with E-state index in [9.17, 15) is 8.78 Å². The smallest absolute Gasteiger partial charge is 0.276 e. The Labute approximate surface area is 160 Å². The molecule has 148 valence electrons. The molecule has 0 aliphatic carbocycles. The number of likely N-dealkylation sites (N-methyl/N-ethyl adjacent to an activating group) is 1. The van der Waals surface area contributed by atoms with E-state index in [1.54, 1.807) is 13.3 Å². The van der Waals surface area contributed by atoms with E-state index in [0.717, 1.165) is 5.69 Å². The van der Waals surface area contributed by atoms with Gasteiger partial charge in [-0.2, -0.15) is 4.98 Å². The summed E-state index contributed by atoms with van der Waals surface area (Å²) in [4.78, 5) is 14.7. The van der Waals surface area contributed by atoms with E-state index >= 15 is 0 Å². The minimum absolute atomic E-state index is 0.206. The molecule has 0 saturated heterocycles. The SMILES string of the molecule is COCCN(C)c1ccnc(-c2nc(-c3cc(OCC(F)F)ccn3)no2)c1. The van der Waals surface area contributed by atoms with Crippen LogP contribution in [0.5, 0.6) is 5.75 Å². The zero-order valence-corrected chi connectivity index (χ0v) is 15.4. The molecule has 0 aliphatic heterocycles. The lowest BCUT2D eigenvalue weighted by Gasteiger charge is -2.18. The number of halogens is 2. The van der Waals surface area contributed by atoms with Crippen LogP contribution in [0.3, 0.4) is 0 Å². The lowest BCUT2D eigenvalue weighted by molar-refractivity contribution is 0.0819. The molecular weight excluding hydrogens is 372 g/mol. The maximum Gasteiger partial charge on any atom is 0.276 e. The molecule has 0 aromatic carbocycles. The number of pyridine rings is 2. The van der Waals surface area contributed by atoms with Gasteiger partial charge >= 0.3 is 0 Å². The molecule has 0 unspecified atom stereocenters. The summed E-state index contributed by atoms with van der Waals surface area (Å²) in [5.41, 5.74) is 1.77. The first-order valence-electron chi connectivity index (χ1n) is 8.44. The predicted molar refractivity (Wildman–Crippen MR) is 97.4 cm³/mol. The lowest BCUT2D eigenvalue weighted by atomic mass is 10.3. The zero-order chi connectivity index (χ0) is 19.9. The number of ether oxygens (including phenoxy) is 2. The van der Waals surface area contributed by atoms with Crippen LogP contribution in [0.2, 0.25) is 0 Å². The summed E-state index contributed by atoms with van der Waals surface area (Å²) in [6.07, 6.45) is 0.513. The molecule has 0 aliphatic rings. The van der Waals surface area contributed by atoms with Gasteiger partial charge in [0.2, 0.25) is 5.82 Å². The van der Waals surface area contributed by atoms with Crippen LogP contribution in [0, 0.1) is 0 Å². The number of anilines is 1. The Bertz CT molecular complexity index is 906. The van der Waals surface area contributed by atoms with Crippen molar-refractivity contribution in [2.75, 3.05) is 38.8 Å². The predicted octanol–water partition coefficient (Wildman–Crippen LogP) is 2.92. The highest BCUT2D eigenvalue weighted by atomic mass is 19.3. The van der Waals surface area contributed by atoms with Crippen molar-refractivity contribution in [2.45, 2.75) is 6.43 Å². The van der Waals surface area contributed by atoms with E-state index in [-0.39, 0.29) is 17.5 Å². The largest absolute Gasteiger partial charge is 0.488 e. The van der Waals surface area contributed by atoms with Crippen molar-refractivity contribution in [3.05, 3.63) is 36.7 Å². The lowest BCUT2D eigenvalue weighted by Crippen LogP contribution is -2.22. The topological polar surface area (TPSA) is 86.4 Å². The Morgan fingerprint density at radius 2 is 1.93 bits per heavy atom. The van der Waals surface area contributed by atoms with E-state index in [1.807, 2.05) is 24.1 Å². The molecule has 0 fully saturated rings. The van der Waals surface area contributed by atoms with Crippen LogP contribution in [0.25, 0.3) is 23.1 Å². The zero-order valence-electron chi connectivity index (χ0n) is 15.4. The van der Waals surface area contributed by atoms with Crippen LogP contribution in [0.4, 0.5) is 14.5 Å². The molecular formula is C18H19F2N5O3. The summed E-state index contributed by atoms with van der Waals surface area (Å²) in [6, 6.07) is 6.64. The van der Waals surface area contributed by atoms with Crippen LogP contribution < -0.4 is 9.64 Å². The molecule has 0 amide bonds. The van der Waals surface area contributed by atoms with Crippen molar-refractivity contribution in [1.82, 2.24) is 20.1 Å². The van der Waals surface area contributed by atoms with Gasteiger partial charge in [0.25, 0.3) is 12.3 Å². The van der Waals surface area contributed by atoms with Gasteiger partial charge in [-0.1, -0.05) is 5.16 Å². The molecule has 8 nitrogen and oxygen atoms in total. The van der Waals surface area contributed by atoms with Crippen LogP contribution in [-0.2, 0) is 4.74 Å². The summed E-state index contributed by atoms with van der Waals surface area (Å²) in [5, 5.41) is 3.90. The van der Waals surface area contributed by atoms with E-state index in [2.05, 4.69) is 20.1 Å². The molecule has 0 radical (unpaired) electrons. The van der Waals surface area contributed by atoms with Crippen molar-refractivity contribution >= 4 is 5.69 Å². The van der Waals surface area contributed by atoms with Crippen LogP contribution in [-0.4, -0.2) is 60.5 Å². The van der Waals surface area contributed by atoms with Crippen molar-refractivity contribution in [3.63, 3.8) is 0 Å². The third-order valence-corrected chi connectivity index (χ3v) is 3.80. The number of aromatic nitrogens is 4. The van der Waals surface area contributed by atoms with Gasteiger partial charge in [0.1, 0.15) is 23.7 Å². The Morgan fingerprint density at radius 1 is 1.14 bits per heavy atom. The van der Waals surface area contributed by atoms with E-state index in [4.69, 9.17) is 14.0 Å².